The summed E-state index contributed by atoms with van der Waals surface area (Å²) < 4.78 is 28.6. The first kappa shape index (κ1) is 18.6. The zero-order valence-corrected chi connectivity index (χ0v) is 16.1. The lowest BCUT2D eigenvalue weighted by atomic mass is 10.1. The lowest BCUT2D eigenvalue weighted by Crippen LogP contribution is -2.47. The molecule has 146 valence electrons. The zero-order valence-electron chi connectivity index (χ0n) is 15.3. The number of carbonyl (C=O) groups excluding carboxylic acids is 1. The molecule has 0 bridgehead atoms. The number of nitrogens with zero attached hydrogens (tertiary/aromatic N) is 2. The Bertz CT molecular complexity index is 1020. The maximum absolute atomic E-state index is 12.8. The van der Waals surface area contributed by atoms with E-state index in [4.69, 9.17) is 5.73 Å². The van der Waals surface area contributed by atoms with Gasteiger partial charge in [-0.2, -0.15) is 8.42 Å². The highest BCUT2D eigenvalue weighted by molar-refractivity contribution is 7.90. The number of rotatable bonds is 4. The molecule has 2 aliphatic rings. The Balaban J connectivity index is 1.49. The molecule has 1 amide bonds. The molecule has 7 nitrogen and oxygen atoms in total. The highest BCUT2D eigenvalue weighted by atomic mass is 32.2. The fourth-order valence-electron chi connectivity index (χ4n) is 3.73. The standard InChI is InChI=1S/C20H22N4O3S/c21-16(14-7-2-1-3-8-14)13-22-20(25)17-10-6-12-24(17)19-15-9-4-5-11-18(15)28(26,27)23-19/h1-5,7-9,11,16-17H,6,10,12-13,21H2,(H,22,25). The fourth-order valence-corrected chi connectivity index (χ4v) is 4.95. The molecule has 2 aromatic rings. The summed E-state index contributed by atoms with van der Waals surface area (Å²) in [6, 6.07) is 15.6. The Morgan fingerprint density at radius 3 is 2.68 bits per heavy atom. The van der Waals surface area contributed by atoms with Crippen molar-refractivity contribution in [3.8, 4) is 0 Å². The quantitative estimate of drug-likeness (QED) is 0.810. The summed E-state index contributed by atoms with van der Waals surface area (Å²) in [5, 5.41) is 2.91. The summed E-state index contributed by atoms with van der Waals surface area (Å²) in [6.45, 7) is 0.903. The first-order valence-corrected chi connectivity index (χ1v) is 10.7. The number of benzene rings is 2. The number of hydrogen-bond donors (Lipinski definition) is 2. The average Bonchev–Trinajstić information content (AvgIpc) is 3.29. The molecule has 0 saturated carbocycles. The van der Waals surface area contributed by atoms with E-state index in [9.17, 15) is 13.2 Å². The molecule has 8 heteroatoms. The molecular formula is C20H22N4O3S. The smallest absolute Gasteiger partial charge is 0.285 e. The summed E-state index contributed by atoms with van der Waals surface area (Å²) in [7, 11) is -3.71. The molecule has 2 atom stereocenters. The summed E-state index contributed by atoms with van der Waals surface area (Å²) in [5.74, 6) is 0.203. The largest absolute Gasteiger partial charge is 0.352 e. The number of nitrogens with one attached hydrogen (secondary N) is 1. The summed E-state index contributed by atoms with van der Waals surface area (Å²) >= 11 is 0. The molecule has 1 saturated heterocycles. The van der Waals surface area contributed by atoms with E-state index in [1.807, 2.05) is 30.3 Å². The third-order valence-electron chi connectivity index (χ3n) is 5.16. The highest BCUT2D eigenvalue weighted by Gasteiger charge is 2.39. The van der Waals surface area contributed by atoms with E-state index in [0.29, 0.717) is 30.9 Å². The van der Waals surface area contributed by atoms with Gasteiger partial charge in [0.1, 0.15) is 10.9 Å². The van der Waals surface area contributed by atoms with Gasteiger partial charge in [0, 0.05) is 24.7 Å². The monoisotopic (exact) mass is 398 g/mol. The van der Waals surface area contributed by atoms with Gasteiger partial charge in [-0.05, 0) is 30.5 Å². The van der Waals surface area contributed by atoms with Crippen LogP contribution in [0.5, 0.6) is 0 Å². The second kappa shape index (κ2) is 7.37. The van der Waals surface area contributed by atoms with Crippen LogP contribution in [0, 0.1) is 0 Å². The van der Waals surface area contributed by atoms with Crippen molar-refractivity contribution in [1.82, 2.24) is 10.2 Å². The number of hydrogen-bond acceptors (Lipinski definition) is 5. The van der Waals surface area contributed by atoms with Crippen LogP contribution < -0.4 is 11.1 Å². The van der Waals surface area contributed by atoms with Gasteiger partial charge in [0.25, 0.3) is 10.0 Å². The van der Waals surface area contributed by atoms with Crippen LogP contribution in [0.4, 0.5) is 0 Å². The van der Waals surface area contributed by atoms with Gasteiger partial charge >= 0.3 is 0 Å². The maximum atomic E-state index is 12.8. The molecule has 4 rings (SSSR count). The van der Waals surface area contributed by atoms with Crippen LogP contribution in [0.3, 0.4) is 0 Å². The van der Waals surface area contributed by atoms with Crippen molar-refractivity contribution < 1.29 is 13.2 Å². The van der Waals surface area contributed by atoms with Crippen LogP contribution in [-0.2, 0) is 14.8 Å². The Labute approximate surface area is 164 Å². The minimum Gasteiger partial charge on any atom is -0.352 e. The molecule has 0 aliphatic carbocycles. The Hall–Kier alpha value is -2.71. The van der Waals surface area contributed by atoms with Gasteiger partial charge in [0.05, 0.1) is 0 Å². The van der Waals surface area contributed by atoms with Crippen molar-refractivity contribution in [3.63, 3.8) is 0 Å². The molecule has 0 radical (unpaired) electrons. The van der Waals surface area contributed by atoms with Gasteiger partial charge in [-0.15, -0.1) is 4.40 Å². The molecule has 2 unspecified atom stereocenters. The van der Waals surface area contributed by atoms with Gasteiger partial charge in [-0.3, -0.25) is 4.79 Å². The van der Waals surface area contributed by atoms with Crippen LogP contribution in [0.1, 0.15) is 30.0 Å². The molecule has 3 N–H and O–H groups in total. The van der Waals surface area contributed by atoms with E-state index < -0.39 is 16.1 Å². The molecule has 2 aliphatic heterocycles. The predicted molar refractivity (Wildman–Crippen MR) is 106 cm³/mol. The third-order valence-corrected chi connectivity index (χ3v) is 6.49. The average molecular weight is 398 g/mol. The molecule has 1 fully saturated rings. The molecule has 28 heavy (non-hydrogen) atoms. The molecular weight excluding hydrogens is 376 g/mol. The van der Waals surface area contributed by atoms with E-state index >= 15 is 0 Å². The summed E-state index contributed by atoms with van der Waals surface area (Å²) in [6.07, 6.45) is 1.44. The number of fused-ring (bicyclic) bond motifs is 1. The number of amidine groups is 1. The van der Waals surface area contributed by atoms with Crippen LogP contribution in [-0.4, -0.2) is 44.2 Å². The normalized spacial score (nSPS) is 21.1. The fraction of sp³-hybridized carbons (Fsp3) is 0.300. The highest BCUT2D eigenvalue weighted by Crippen LogP contribution is 2.31. The Morgan fingerprint density at radius 2 is 1.89 bits per heavy atom. The number of nitrogens with two attached hydrogens (primary N) is 1. The predicted octanol–water partition coefficient (Wildman–Crippen LogP) is 1.42. The molecule has 2 aromatic carbocycles. The minimum atomic E-state index is -3.71. The number of carbonyl (C=O) groups is 1. The topological polar surface area (TPSA) is 105 Å². The van der Waals surface area contributed by atoms with Crippen molar-refractivity contribution in [2.24, 2.45) is 10.1 Å². The van der Waals surface area contributed by atoms with Crippen LogP contribution in [0.2, 0.25) is 0 Å². The SMILES string of the molecule is NC(CNC(=O)C1CCCN1C1=NS(=O)(=O)c2ccccc21)c1ccccc1. The summed E-state index contributed by atoms with van der Waals surface area (Å²) in [5.41, 5.74) is 7.67. The molecule has 0 aromatic heterocycles. The molecule has 2 heterocycles. The van der Waals surface area contributed by atoms with E-state index in [2.05, 4.69) is 9.71 Å². The third kappa shape index (κ3) is 3.41. The molecule has 0 spiro atoms. The van der Waals surface area contributed by atoms with Crippen molar-refractivity contribution in [1.29, 1.82) is 0 Å². The summed E-state index contributed by atoms with van der Waals surface area (Å²) in [4.78, 5) is 14.8. The number of amides is 1. The van der Waals surface area contributed by atoms with Gasteiger partial charge in [0.15, 0.2) is 5.84 Å². The van der Waals surface area contributed by atoms with Gasteiger partial charge in [-0.25, -0.2) is 0 Å². The van der Waals surface area contributed by atoms with E-state index in [1.165, 1.54) is 0 Å². The van der Waals surface area contributed by atoms with Crippen molar-refractivity contribution in [2.75, 3.05) is 13.1 Å². The second-order valence-electron chi connectivity index (χ2n) is 7.00. The van der Waals surface area contributed by atoms with Gasteiger partial charge in [0.2, 0.25) is 5.91 Å². The van der Waals surface area contributed by atoms with Crippen molar-refractivity contribution >= 4 is 21.8 Å². The van der Waals surface area contributed by atoms with E-state index in [-0.39, 0.29) is 16.8 Å². The van der Waals surface area contributed by atoms with Crippen LogP contribution >= 0.6 is 0 Å². The Morgan fingerprint density at radius 1 is 1.18 bits per heavy atom. The second-order valence-corrected chi connectivity index (χ2v) is 8.57. The number of sulfonamides is 1. The lowest BCUT2D eigenvalue weighted by Gasteiger charge is -2.26. The van der Waals surface area contributed by atoms with E-state index in [0.717, 1.165) is 12.0 Å². The van der Waals surface area contributed by atoms with Crippen molar-refractivity contribution in [2.45, 2.75) is 29.8 Å². The van der Waals surface area contributed by atoms with Crippen LogP contribution in [0.15, 0.2) is 63.9 Å². The maximum Gasteiger partial charge on any atom is 0.285 e. The van der Waals surface area contributed by atoms with Crippen molar-refractivity contribution in [3.05, 3.63) is 65.7 Å². The van der Waals surface area contributed by atoms with Gasteiger partial charge in [-0.1, -0.05) is 42.5 Å². The Kier molecular flexibility index (Phi) is 4.91. The number of likely N-dealkylation sites (tertiary alicyclic amines) is 1. The first-order chi connectivity index (χ1) is 13.5. The van der Waals surface area contributed by atoms with Crippen LogP contribution in [0.25, 0.3) is 0 Å². The minimum absolute atomic E-state index is 0.159. The van der Waals surface area contributed by atoms with Gasteiger partial charge < -0.3 is 16.0 Å². The van der Waals surface area contributed by atoms with E-state index in [1.54, 1.807) is 29.2 Å². The first-order valence-electron chi connectivity index (χ1n) is 9.26. The lowest BCUT2D eigenvalue weighted by molar-refractivity contribution is -0.124. The zero-order chi connectivity index (χ0) is 19.7.